The second-order valence-corrected chi connectivity index (χ2v) is 7.52. The summed E-state index contributed by atoms with van der Waals surface area (Å²) in [6, 6.07) is 0.815. The highest BCUT2D eigenvalue weighted by Gasteiger charge is 2.22. The van der Waals surface area contributed by atoms with Crippen LogP contribution in [0.3, 0.4) is 0 Å². The molecular formula is C17H32N4. The van der Waals surface area contributed by atoms with Gasteiger partial charge in [0, 0.05) is 49.9 Å². The number of aryl methyl sites for hydroxylation is 1. The van der Waals surface area contributed by atoms with Gasteiger partial charge in [0.1, 0.15) is 0 Å². The molecule has 1 N–H and O–H groups in total. The molecular weight excluding hydrogens is 260 g/mol. The predicted molar refractivity (Wildman–Crippen MR) is 88.5 cm³/mol. The minimum absolute atomic E-state index is 0.110. The topological polar surface area (TPSA) is 33.1 Å². The van der Waals surface area contributed by atoms with Crippen LogP contribution in [0.5, 0.6) is 0 Å². The summed E-state index contributed by atoms with van der Waals surface area (Å²) in [6.07, 6.45) is 7.73. The monoisotopic (exact) mass is 292 g/mol. The largest absolute Gasteiger partial charge is 0.311 e. The maximum absolute atomic E-state index is 4.63. The Bertz CT molecular complexity index is 438. The van der Waals surface area contributed by atoms with Gasteiger partial charge in [-0.2, -0.15) is 5.10 Å². The Kier molecular flexibility index (Phi) is 5.44. The Morgan fingerprint density at radius 3 is 2.62 bits per heavy atom. The summed E-state index contributed by atoms with van der Waals surface area (Å²) in [5.74, 6) is 0. The molecule has 0 bridgehead atoms. The van der Waals surface area contributed by atoms with Gasteiger partial charge in [-0.1, -0.05) is 33.6 Å². The molecule has 1 fully saturated rings. The lowest BCUT2D eigenvalue weighted by Crippen LogP contribution is -2.35. The summed E-state index contributed by atoms with van der Waals surface area (Å²) in [6.45, 7) is 9.78. The van der Waals surface area contributed by atoms with Gasteiger partial charge in [0.25, 0.3) is 0 Å². The van der Waals surface area contributed by atoms with Crippen molar-refractivity contribution in [2.24, 2.45) is 7.05 Å². The Balaban J connectivity index is 1.78. The molecule has 0 aliphatic heterocycles. The number of nitrogens with one attached hydrogen (secondary N) is 1. The molecule has 0 radical (unpaired) electrons. The molecule has 1 saturated carbocycles. The first-order valence-electron chi connectivity index (χ1n) is 8.32. The molecule has 1 heterocycles. The van der Waals surface area contributed by atoms with Crippen LogP contribution in [0.15, 0.2) is 6.20 Å². The van der Waals surface area contributed by atoms with Gasteiger partial charge in [-0.25, -0.2) is 0 Å². The SMILES string of the molecule is CN(CCNCc1cn(C)nc1C(C)(C)C)C1CCCC1. The predicted octanol–water partition coefficient (Wildman–Crippen LogP) is 2.68. The zero-order chi connectivity index (χ0) is 15.5. The second kappa shape index (κ2) is 6.93. The van der Waals surface area contributed by atoms with Crippen LogP contribution in [-0.2, 0) is 19.0 Å². The lowest BCUT2D eigenvalue weighted by atomic mass is 9.89. The fourth-order valence-corrected chi connectivity index (χ4v) is 3.30. The van der Waals surface area contributed by atoms with E-state index in [9.17, 15) is 0 Å². The van der Waals surface area contributed by atoms with Crippen molar-refractivity contribution in [2.45, 2.75) is 64.5 Å². The van der Waals surface area contributed by atoms with E-state index >= 15 is 0 Å². The summed E-state index contributed by atoms with van der Waals surface area (Å²) in [5, 5.41) is 8.21. The highest BCUT2D eigenvalue weighted by molar-refractivity contribution is 5.23. The smallest absolute Gasteiger partial charge is 0.0722 e. The van der Waals surface area contributed by atoms with Crippen molar-refractivity contribution in [1.82, 2.24) is 20.0 Å². The summed E-state index contributed by atoms with van der Waals surface area (Å²) in [4.78, 5) is 2.52. The number of hydrogen-bond donors (Lipinski definition) is 1. The molecule has 2 rings (SSSR count). The molecule has 0 amide bonds. The van der Waals surface area contributed by atoms with Crippen molar-refractivity contribution in [3.05, 3.63) is 17.5 Å². The Morgan fingerprint density at radius 1 is 1.33 bits per heavy atom. The van der Waals surface area contributed by atoms with Gasteiger partial charge in [0.15, 0.2) is 0 Å². The fourth-order valence-electron chi connectivity index (χ4n) is 3.30. The van der Waals surface area contributed by atoms with Gasteiger partial charge in [-0.15, -0.1) is 0 Å². The number of rotatable bonds is 6. The van der Waals surface area contributed by atoms with Gasteiger partial charge in [-0.3, -0.25) is 4.68 Å². The average molecular weight is 292 g/mol. The third-order valence-corrected chi connectivity index (χ3v) is 4.52. The maximum Gasteiger partial charge on any atom is 0.0722 e. The molecule has 1 aliphatic carbocycles. The fraction of sp³-hybridized carbons (Fsp3) is 0.824. The van der Waals surface area contributed by atoms with E-state index < -0.39 is 0 Å². The van der Waals surface area contributed by atoms with Gasteiger partial charge < -0.3 is 10.2 Å². The molecule has 0 saturated heterocycles. The molecule has 1 aliphatic rings. The molecule has 120 valence electrons. The van der Waals surface area contributed by atoms with Crippen molar-refractivity contribution in [2.75, 3.05) is 20.1 Å². The molecule has 21 heavy (non-hydrogen) atoms. The van der Waals surface area contributed by atoms with Crippen molar-refractivity contribution in [1.29, 1.82) is 0 Å². The highest BCUT2D eigenvalue weighted by Crippen LogP contribution is 2.24. The Morgan fingerprint density at radius 2 is 2.00 bits per heavy atom. The van der Waals surface area contributed by atoms with Crippen molar-refractivity contribution in [3.8, 4) is 0 Å². The maximum atomic E-state index is 4.63. The van der Waals surface area contributed by atoms with Crippen LogP contribution < -0.4 is 5.32 Å². The first-order chi connectivity index (χ1) is 9.88. The zero-order valence-corrected chi connectivity index (χ0v) is 14.4. The molecule has 0 unspecified atom stereocenters. The number of aromatic nitrogens is 2. The van der Waals surface area contributed by atoms with E-state index in [4.69, 9.17) is 0 Å². The Labute approximate surface area is 129 Å². The normalized spacial score (nSPS) is 17.0. The Hall–Kier alpha value is -0.870. The van der Waals surface area contributed by atoms with Crippen LogP contribution in [0.2, 0.25) is 0 Å². The van der Waals surface area contributed by atoms with Gasteiger partial charge >= 0.3 is 0 Å². The van der Waals surface area contributed by atoms with Gasteiger partial charge in [0.2, 0.25) is 0 Å². The summed E-state index contributed by atoms with van der Waals surface area (Å²) in [5.41, 5.74) is 2.65. The molecule has 1 aromatic heterocycles. The standard InChI is InChI=1S/C17H32N4/c1-17(2,3)16-14(13-21(5)19-16)12-18-10-11-20(4)15-8-6-7-9-15/h13,15,18H,6-12H2,1-5H3. The van der Waals surface area contributed by atoms with E-state index in [2.05, 4.69) is 49.3 Å². The third-order valence-electron chi connectivity index (χ3n) is 4.52. The highest BCUT2D eigenvalue weighted by atomic mass is 15.3. The van der Waals surface area contributed by atoms with Crippen LogP contribution in [0, 0.1) is 0 Å². The average Bonchev–Trinajstić information content (AvgIpc) is 3.02. The lowest BCUT2D eigenvalue weighted by molar-refractivity contribution is 0.245. The van der Waals surface area contributed by atoms with E-state index in [0.29, 0.717) is 0 Å². The van der Waals surface area contributed by atoms with E-state index in [1.165, 1.54) is 36.9 Å². The quantitative estimate of drug-likeness (QED) is 0.818. The van der Waals surface area contributed by atoms with Crippen molar-refractivity contribution < 1.29 is 0 Å². The van der Waals surface area contributed by atoms with E-state index in [0.717, 1.165) is 25.7 Å². The molecule has 0 spiro atoms. The van der Waals surface area contributed by atoms with Gasteiger partial charge in [0.05, 0.1) is 5.69 Å². The number of hydrogen-bond acceptors (Lipinski definition) is 3. The van der Waals surface area contributed by atoms with Crippen LogP contribution in [0.25, 0.3) is 0 Å². The van der Waals surface area contributed by atoms with E-state index in [1.807, 2.05) is 11.7 Å². The van der Waals surface area contributed by atoms with E-state index in [-0.39, 0.29) is 5.41 Å². The first-order valence-corrected chi connectivity index (χ1v) is 8.32. The number of nitrogens with zero attached hydrogens (tertiary/aromatic N) is 3. The minimum Gasteiger partial charge on any atom is -0.311 e. The van der Waals surface area contributed by atoms with E-state index in [1.54, 1.807) is 0 Å². The minimum atomic E-state index is 0.110. The second-order valence-electron chi connectivity index (χ2n) is 7.52. The lowest BCUT2D eigenvalue weighted by Gasteiger charge is -2.24. The first kappa shape index (κ1) is 16.5. The summed E-state index contributed by atoms with van der Waals surface area (Å²) in [7, 11) is 4.27. The molecule has 4 heteroatoms. The van der Waals surface area contributed by atoms with Gasteiger partial charge in [-0.05, 0) is 19.9 Å². The van der Waals surface area contributed by atoms with Crippen LogP contribution in [-0.4, -0.2) is 40.9 Å². The van der Waals surface area contributed by atoms with Crippen molar-refractivity contribution >= 4 is 0 Å². The summed E-state index contributed by atoms with van der Waals surface area (Å²) >= 11 is 0. The summed E-state index contributed by atoms with van der Waals surface area (Å²) < 4.78 is 1.93. The van der Waals surface area contributed by atoms with Crippen LogP contribution in [0.4, 0.5) is 0 Å². The zero-order valence-electron chi connectivity index (χ0n) is 14.4. The molecule has 0 aromatic carbocycles. The van der Waals surface area contributed by atoms with Crippen LogP contribution in [0.1, 0.15) is 57.7 Å². The number of likely N-dealkylation sites (N-methyl/N-ethyl adjacent to an activating group) is 1. The molecule has 4 nitrogen and oxygen atoms in total. The molecule has 1 aromatic rings. The van der Waals surface area contributed by atoms with Crippen LogP contribution >= 0.6 is 0 Å². The third kappa shape index (κ3) is 4.55. The molecule has 0 atom stereocenters. The van der Waals surface area contributed by atoms with Crippen molar-refractivity contribution in [3.63, 3.8) is 0 Å².